The first kappa shape index (κ1) is 28.4. The second-order valence-corrected chi connectivity index (χ2v) is 11.3. The molecule has 1 N–H and O–H groups in total. The van der Waals surface area contributed by atoms with E-state index >= 15 is 0 Å². The molecule has 0 fully saturated rings. The van der Waals surface area contributed by atoms with Crippen molar-refractivity contribution in [1.82, 2.24) is 0 Å². The minimum Gasteiger partial charge on any atom is -0.497 e. The third kappa shape index (κ3) is 5.10. The predicted octanol–water partition coefficient (Wildman–Crippen LogP) is 7.00. The smallest absolute Gasteiger partial charge is 0.259 e. The van der Waals surface area contributed by atoms with Crippen LogP contribution in [0.5, 0.6) is 23.0 Å². The normalized spacial score (nSPS) is 17.8. The third-order valence-corrected chi connectivity index (χ3v) is 8.94. The average molecular weight is 597 g/mol. The molecule has 1 aliphatic carbocycles. The van der Waals surface area contributed by atoms with E-state index in [9.17, 15) is 9.59 Å². The van der Waals surface area contributed by atoms with E-state index in [0.29, 0.717) is 46.9 Å². The fourth-order valence-electron chi connectivity index (χ4n) is 5.99. The molecule has 4 aromatic rings. The number of allylic oxidation sites excluding steroid dienone is 1. The van der Waals surface area contributed by atoms with Crippen molar-refractivity contribution in [2.45, 2.75) is 24.8 Å². The Morgan fingerprint density at radius 1 is 0.860 bits per heavy atom. The number of hydrogen-bond acceptors (Lipinski definition) is 8. The fourth-order valence-corrected chi connectivity index (χ4v) is 6.81. The minimum absolute atomic E-state index is 0.00321. The molecule has 0 radical (unpaired) electrons. The molecule has 9 heteroatoms. The Bertz CT molecular complexity index is 1670. The van der Waals surface area contributed by atoms with E-state index < -0.39 is 6.04 Å². The van der Waals surface area contributed by atoms with Crippen molar-refractivity contribution in [3.05, 3.63) is 105 Å². The molecule has 3 aromatic carbocycles. The number of fused-ring (bicyclic) bond motifs is 1. The number of methoxy groups -OCH3 is 4. The van der Waals surface area contributed by atoms with E-state index in [0.717, 1.165) is 27.6 Å². The molecule has 0 bridgehead atoms. The van der Waals surface area contributed by atoms with Crippen molar-refractivity contribution in [2.75, 3.05) is 38.7 Å². The number of amides is 1. The van der Waals surface area contributed by atoms with Gasteiger partial charge in [-0.25, -0.2) is 0 Å². The van der Waals surface area contributed by atoms with Crippen LogP contribution < -0.4 is 29.2 Å². The number of benzene rings is 3. The lowest BCUT2D eigenvalue weighted by Gasteiger charge is -2.34. The van der Waals surface area contributed by atoms with E-state index in [1.807, 2.05) is 66.0 Å². The maximum Gasteiger partial charge on any atom is 0.259 e. The second kappa shape index (κ2) is 11.9. The molecule has 0 saturated heterocycles. The van der Waals surface area contributed by atoms with Crippen molar-refractivity contribution < 1.29 is 28.5 Å². The van der Waals surface area contributed by atoms with Gasteiger partial charge in [-0.3, -0.25) is 14.5 Å². The molecule has 1 amide bonds. The molecule has 1 aliphatic heterocycles. The van der Waals surface area contributed by atoms with Crippen LogP contribution in [0.3, 0.4) is 0 Å². The number of Topliss-reactive ketones (excluding diaryl/α,β-unsaturated/α-hetero) is 1. The van der Waals surface area contributed by atoms with Crippen molar-refractivity contribution in [2.24, 2.45) is 0 Å². The van der Waals surface area contributed by atoms with Crippen LogP contribution in [0.25, 0.3) is 0 Å². The minimum atomic E-state index is -0.637. The standard InChI is InChI=1S/C34H32N2O6S/c1-39-23-13-11-20(12-14-23)21-16-25-31(27(37)17-21)32(30-10-7-15-43-30)36(26-9-6-5-8-24(26)35-25)34(38)22-18-28(40-2)33(42-4)29(19-22)41-3/h5-15,18-19,21,32,35H,16-17H2,1-4H3/t21-,32-/m0/s1. The first-order chi connectivity index (χ1) is 21.0. The average Bonchev–Trinajstić information content (AvgIpc) is 3.53. The van der Waals surface area contributed by atoms with Crippen LogP contribution in [0.1, 0.15) is 45.6 Å². The number of anilines is 2. The number of nitrogens with zero attached hydrogens (tertiary/aromatic N) is 1. The van der Waals surface area contributed by atoms with Gasteiger partial charge in [-0.1, -0.05) is 30.3 Å². The first-order valence-electron chi connectivity index (χ1n) is 13.9. The molecule has 0 unspecified atom stereocenters. The maximum atomic E-state index is 14.7. The molecule has 2 atom stereocenters. The van der Waals surface area contributed by atoms with Crippen molar-refractivity contribution in [3.8, 4) is 23.0 Å². The highest BCUT2D eigenvalue weighted by molar-refractivity contribution is 7.10. The monoisotopic (exact) mass is 596 g/mol. The number of hydrogen-bond donors (Lipinski definition) is 1. The molecular weight excluding hydrogens is 564 g/mol. The second-order valence-electron chi connectivity index (χ2n) is 10.3. The Balaban J connectivity index is 1.52. The van der Waals surface area contributed by atoms with E-state index in [-0.39, 0.29) is 17.6 Å². The van der Waals surface area contributed by atoms with Crippen LogP contribution in [0, 0.1) is 0 Å². The molecular formula is C34H32N2O6S. The van der Waals surface area contributed by atoms with E-state index in [1.54, 1.807) is 24.1 Å². The van der Waals surface area contributed by atoms with Gasteiger partial charge < -0.3 is 24.3 Å². The summed E-state index contributed by atoms with van der Waals surface area (Å²) in [5.41, 5.74) is 4.25. The van der Waals surface area contributed by atoms with Crippen LogP contribution >= 0.6 is 11.3 Å². The lowest BCUT2D eigenvalue weighted by Crippen LogP contribution is -2.38. The Labute approximate surface area is 254 Å². The van der Waals surface area contributed by atoms with Crippen LogP contribution in [0.4, 0.5) is 11.4 Å². The lowest BCUT2D eigenvalue weighted by atomic mass is 9.79. The molecule has 2 heterocycles. The van der Waals surface area contributed by atoms with Gasteiger partial charge in [0.15, 0.2) is 17.3 Å². The van der Waals surface area contributed by atoms with Crippen LogP contribution in [-0.4, -0.2) is 40.1 Å². The zero-order valence-electron chi connectivity index (χ0n) is 24.4. The topological polar surface area (TPSA) is 86.3 Å². The third-order valence-electron chi connectivity index (χ3n) is 8.02. The number of nitrogens with one attached hydrogen (secondary N) is 1. The van der Waals surface area contributed by atoms with Gasteiger partial charge in [0.1, 0.15) is 11.8 Å². The summed E-state index contributed by atoms with van der Waals surface area (Å²) in [5, 5.41) is 5.55. The highest BCUT2D eigenvalue weighted by Crippen LogP contribution is 2.49. The van der Waals surface area contributed by atoms with Gasteiger partial charge in [-0.05, 0) is 65.7 Å². The number of thiophene rings is 1. The Hall–Kier alpha value is -4.76. The summed E-state index contributed by atoms with van der Waals surface area (Å²) in [6.07, 6.45) is 0.951. The number of rotatable bonds is 7. The molecule has 1 aromatic heterocycles. The molecule has 6 rings (SSSR count). The summed E-state index contributed by atoms with van der Waals surface area (Å²) in [5.74, 6) is 1.59. The summed E-state index contributed by atoms with van der Waals surface area (Å²) < 4.78 is 22.0. The Kier molecular flexibility index (Phi) is 7.82. The molecule has 43 heavy (non-hydrogen) atoms. The summed E-state index contributed by atoms with van der Waals surface area (Å²) in [4.78, 5) is 31.5. The van der Waals surface area contributed by atoms with Gasteiger partial charge >= 0.3 is 0 Å². The summed E-state index contributed by atoms with van der Waals surface area (Å²) in [6, 6.07) is 22.1. The van der Waals surface area contributed by atoms with Gasteiger partial charge in [0, 0.05) is 28.1 Å². The van der Waals surface area contributed by atoms with E-state index in [1.165, 1.54) is 32.7 Å². The Morgan fingerprint density at radius 2 is 1.58 bits per heavy atom. The molecule has 0 spiro atoms. The van der Waals surface area contributed by atoms with Gasteiger partial charge in [0.25, 0.3) is 5.91 Å². The molecule has 0 saturated carbocycles. The zero-order valence-corrected chi connectivity index (χ0v) is 25.2. The fraction of sp³-hybridized carbons (Fsp3) is 0.235. The van der Waals surface area contributed by atoms with Crippen LogP contribution in [0.15, 0.2) is 89.4 Å². The zero-order chi connectivity index (χ0) is 30.1. The van der Waals surface area contributed by atoms with E-state index in [2.05, 4.69) is 5.32 Å². The van der Waals surface area contributed by atoms with Gasteiger partial charge in [-0.2, -0.15) is 0 Å². The predicted molar refractivity (Wildman–Crippen MR) is 167 cm³/mol. The van der Waals surface area contributed by atoms with Crippen LogP contribution in [-0.2, 0) is 4.79 Å². The first-order valence-corrected chi connectivity index (χ1v) is 14.8. The van der Waals surface area contributed by atoms with Gasteiger partial charge in [-0.15, -0.1) is 11.3 Å². The highest BCUT2D eigenvalue weighted by atomic mass is 32.1. The van der Waals surface area contributed by atoms with Crippen molar-refractivity contribution >= 4 is 34.4 Å². The summed E-state index contributed by atoms with van der Waals surface area (Å²) in [7, 11) is 6.19. The molecule has 2 aliphatic rings. The maximum absolute atomic E-state index is 14.7. The molecule has 220 valence electrons. The van der Waals surface area contributed by atoms with Gasteiger partial charge in [0.05, 0.1) is 39.8 Å². The summed E-state index contributed by atoms with van der Waals surface area (Å²) in [6.45, 7) is 0. The van der Waals surface area contributed by atoms with Crippen molar-refractivity contribution in [1.29, 1.82) is 0 Å². The van der Waals surface area contributed by atoms with Gasteiger partial charge in [0.2, 0.25) is 5.75 Å². The summed E-state index contributed by atoms with van der Waals surface area (Å²) >= 11 is 1.52. The highest BCUT2D eigenvalue weighted by Gasteiger charge is 2.42. The number of para-hydroxylation sites is 2. The van der Waals surface area contributed by atoms with E-state index in [4.69, 9.17) is 18.9 Å². The largest absolute Gasteiger partial charge is 0.497 e. The SMILES string of the molecule is COc1ccc([C@@H]2CC(=O)C3=C(C2)Nc2ccccc2N(C(=O)c2cc(OC)c(OC)c(OC)c2)[C@H]3c2cccs2)cc1. The number of ether oxygens (including phenoxy) is 4. The van der Waals surface area contributed by atoms with Crippen molar-refractivity contribution in [3.63, 3.8) is 0 Å². The number of ketones is 1. The lowest BCUT2D eigenvalue weighted by molar-refractivity contribution is -0.116. The quantitative estimate of drug-likeness (QED) is 0.246. The number of carbonyl (C=O) groups excluding carboxylic acids is 2. The van der Waals surface area contributed by atoms with Crippen LogP contribution in [0.2, 0.25) is 0 Å². The number of carbonyl (C=O) groups is 2. The Morgan fingerprint density at radius 3 is 2.21 bits per heavy atom. The molecule has 8 nitrogen and oxygen atoms in total.